The average Bonchev–Trinajstić information content (AvgIpc) is 3.18. The van der Waals surface area contributed by atoms with Crippen molar-refractivity contribution in [3.63, 3.8) is 0 Å². The molecule has 6 amide bonds. The van der Waals surface area contributed by atoms with Crippen LogP contribution < -0.4 is 10.7 Å². The quantitative estimate of drug-likeness (QED) is 0.474. The Morgan fingerprint density at radius 1 is 0.939 bits per heavy atom. The maximum atomic E-state index is 12.8. The van der Waals surface area contributed by atoms with E-state index in [1.165, 1.54) is 0 Å². The molecule has 2 aliphatic rings. The van der Waals surface area contributed by atoms with Crippen molar-refractivity contribution in [1.29, 1.82) is 0 Å². The summed E-state index contributed by atoms with van der Waals surface area (Å²) >= 11 is 0. The smallest absolute Gasteiger partial charge is 0.322 e. The van der Waals surface area contributed by atoms with Crippen molar-refractivity contribution in [2.75, 3.05) is 6.54 Å². The van der Waals surface area contributed by atoms with Crippen molar-refractivity contribution >= 4 is 29.7 Å². The molecular formula is C24H24N4O5. The second-order valence-electron chi connectivity index (χ2n) is 8.33. The number of urea groups is 1. The Hall–Kier alpha value is -4.01. The van der Waals surface area contributed by atoms with E-state index in [0.717, 1.165) is 10.5 Å². The molecule has 2 aromatic carbocycles. The molecule has 4 rings (SSSR count). The molecule has 2 heterocycles. The number of aryl methyl sites for hydroxylation is 1. The predicted octanol–water partition coefficient (Wildman–Crippen LogP) is 2.04. The van der Waals surface area contributed by atoms with Crippen LogP contribution in [0.15, 0.2) is 54.6 Å². The first-order chi connectivity index (χ1) is 15.8. The summed E-state index contributed by atoms with van der Waals surface area (Å²) in [5.74, 6) is -1.86. The molecule has 170 valence electrons. The molecule has 0 bridgehead atoms. The summed E-state index contributed by atoms with van der Waals surface area (Å²) in [5, 5.41) is 3.36. The van der Waals surface area contributed by atoms with Gasteiger partial charge in [-0.3, -0.25) is 29.5 Å². The Labute approximate surface area is 190 Å². The zero-order valence-electron chi connectivity index (χ0n) is 18.2. The third kappa shape index (κ3) is 4.34. The lowest BCUT2D eigenvalue weighted by atomic mass is 9.93. The van der Waals surface area contributed by atoms with Crippen LogP contribution in [-0.2, 0) is 16.0 Å². The van der Waals surface area contributed by atoms with Crippen LogP contribution in [-0.4, -0.2) is 51.7 Å². The number of carbonyl (C=O) groups excluding carboxylic acids is 5. The molecule has 0 aliphatic carbocycles. The Balaban J connectivity index is 1.28. The maximum Gasteiger partial charge on any atom is 0.344 e. The number of hydrazine groups is 1. The van der Waals surface area contributed by atoms with Gasteiger partial charge in [0.2, 0.25) is 5.91 Å². The van der Waals surface area contributed by atoms with E-state index in [2.05, 4.69) is 10.7 Å². The SMILES string of the molecule is CC1(CCc2ccccc2)NC(=O)N(NC(=O)CCCN2C(=O)c3ccccc3C2=O)C1=O. The molecule has 1 atom stereocenters. The summed E-state index contributed by atoms with van der Waals surface area (Å²) in [6, 6.07) is 15.5. The van der Waals surface area contributed by atoms with Crippen LogP contribution in [0.2, 0.25) is 0 Å². The van der Waals surface area contributed by atoms with Gasteiger partial charge in [-0.05, 0) is 43.9 Å². The summed E-state index contributed by atoms with van der Waals surface area (Å²) in [6.45, 7) is 1.69. The largest absolute Gasteiger partial charge is 0.344 e. The van der Waals surface area contributed by atoms with E-state index in [-0.39, 0.29) is 31.2 Å². The lowest BCUT2D eigenvalue weighted by Crippen LogP contribution is -2.49. The molecule has 1 unspecified atom stereocenters. The topological polar surface area (TPSA) is 116 Å². The van der Waals surface area contributed by atoms with Crippen LogP contribution in [0.3, 0.4) is 0 Å². The van der Waals surface area contributed by atoms with Crippen molar-refractivity contribution in [2.45, 2.75) is 38.1 Å². The van der Waals surface area contributed by atoms with E-state index >= 15 is 0 Å². The molecule has 0 aromatic heterocycles. The van der Waals surface area contributed by atoms with Crippen LogP contribution in [0.5, 0.6) is 0 Å². The molecule has 2 aliphatic heterocycles. The minimum absolute atomic E-state index is 0.0642. The molecule has 33 heavy (non-hydrogen) atoms. The first-order valence-electron chi connectivity index (χ1n) is 10.8. The lowest BCUT2D eigenvalue weighted by molar-refractivity contribution is -0.138. The van der Waals surface area contributed by atoms with Gasteiger partial charge in [0, 0.05) is 13.0 Å². The van der Waals surface area contributed by atoms with Gasteiger partial charge in [-0.2, -0.15) is 5.01 Å². The maximum absolute atomic E-state index is 12.8. The van der Waals surface area contributed by atoms with Crippen LogP contribution >= 0.6 is 0 Å². The number of carbonyl (C=O) groups is 5. The van der Waals surface area contributed by atoms with Gasteiger partial charge in [0.1, 0.15) is 5.54 Å². The van der Waals surface area contributed by atoms with E-state index < -0.39 is 23.4 Å². The number of rotatable bonds is 8. The summed E-state index contributed by atoms with van der Waals surface area (Å²) in [5.41, 5.74) is 2.95. The highest BCUT2D eigenvalue weighted by Gasteiger charge is 2.48. The third-order valence-corrected chi connectivity index (χ3v) is 5.92. The Morgan fingerprint density at radius 3 is 2.18 bits per heavy atom. The molecule has 0 spiro atoms. The molecule has 9 nitrogen and oxygen atoms in total. The monoisotopic (exact) mass is 448 g/mol. The minimum Gasteiger partial charge on any atom is -0.322 e. The summed E-state index contributed by atoms with van der Waals surface area (Å²) in [7, 11) is 0. The van der Waals surface area contributed by atoms with Crippen LogP contribution in [0, 0.1) is 0 Å². The van der Waals surface area contributed by atoms with Crippen molar-refractivity contribution in [1.82, 2.24) is 20.7 Å². The Morgan fingerprint density at radius 2 is 1.55 bits per heavy atom. The van der Waals surface area contributed by atoms with Gasteiger partial charge in [0.15, 0.2) is 0 Å². The van der Waals surface area contributed by atoms with E-state index in [1.807, 2.05) is 30.3 Å². The number of hydrogen-bond donors (Lipinski definition) is 2. The number of imide groups is 2. The van der Waals surface area contributed by atoms with Crippen LogP contribution in [0.4, 0.5) is 4.79 Å². The average molecular weight is 448 g/mol. The van der Waals surface area contributed by atoms with Crippen LogP contribution in [0.1, 0.15) is 52.5 Å². The second-order valence-corrected chi connectivity index (χ2v) is 8.33. The number of fused-ring (bicyclic) bond motifs is 1. The van der Waals surface area contributed by atoms with Gasteiger partial charge < -0.3 is 5.32 Å². The van der Waals surface area contributed by atoms with E-state index in [9.17, 15) is 24.0 Å². The van der Waals surface area contributed by atoms with E-state index in [4.69, 9.17) is 0 Å². The first kappa shape index (κ1) is 22.2. The van der Waals surface area contributed by atoms with Crippen LogP contribution in [0.25, 0.3) is 0 Å². The Bertz CT molecular complexity index is 1100. The first-order valence-corrected chi connectivity index (χ1v) is 10.8. The number of hydrogen-bond acceptors (Lipinski definition) is 5. The molecule has 1 saturated heterocycles. The highest BCUT2D eigenvalue weighted by atomic mass is 16.2. The Kier molecular flexibility index (Phi) is 5.95. The summed E-state index contributed by atoms with van der Waals surface area (Å²) in [6.07, 6.45) is 1.11. The minimum atomic E-state index is -1.12. The normalized spacial score (nSPS) is 19.7. The summed E-state index contributed by atoms with van der Waals surface area (Å²) < 4.78 is 0. The van der Waals surface area contributed by atoms with Crippen molar-refractivity contribution in [3.8, 4) is 0 Å². The lowest BCUT2D eigenvalue weighted by Gasteiger charge is -2.21. The second kappa shape index (κ2) is 8.85. The predicted molar refractivity (Wildman–Crippen MR) is 118 cm³/mol. The highest BCUT2D eigenvalue weighted by Crippen LogP contribution is 2.24. The third-order valence-electron chi connectivity index (χ3n) is 5.92. The number of benzene rings is 2. The van der Waals surface area contributed by atoms with E-state index in [0.29, 0.717) is 29.0 Å². The molecular weight excluding hydrogens is 424 g/mol. The molecule has 0 radical (unpaired) electrons. The van der Waals surface area contributed by atoms with Gasteiger partial charge in [0.05, 0.1) is 11.1 Å². The fraction of sp³-hybridized carbons (Fsp3) is 0.292. The molecule has 9 heteroatoms. The number of nitrogens with one attached hydrogen (secondary N) is 2. The number of nitrogens with zero attached hydrogens (tertiary/aromatic N) is 2. The van der Waals surface area contributed by atoms with Crippen molar-refractivity contribution in [2.24, 2.45) is 0 Å². The van der Waals surface area contributed by atoms with Crippen molar-refractivity contribution < 1.29 is 24.0 Å². The molecule has 2 N–H and O–H groups in total. The molecule has 1 fully saturated rings. The zero-order valence-corrected chi connectivity index (χ0v) is 18.2. The van der Waals surface area contributed by atoms with Gasteiger partial charge in [-0.1, -0.05) is 42.5 Å². The summed E-state index contributed by atoms with van der Waals surface area (Å²) in [4.78, 5) is 63.4. The van der Waals surface area contributed by atoms with Crippen molar-refractivity contribution in [3.05, 3.63) is 71.3 Å². The fourth-order valence-electron chi connectivity index (χ4n) is 4.01. The van der Waals surface area contributed by atoms with Gasteiger partial charge >= 0.3 is 6.03 Å². The standard InChI is InChI=1S/C24H24N4O5/c1-24(14-13-16-8-3-2-4-9-16)22(32)28(23(33)25-24)26-19(29)12-7-15-27-20(30)17-10-5-6-11-18(17)21(27)31/h2-6,8-11H,7,12-15H2,1H3,(H,25,33)(H,26,29). The number of amides is 6. The highest BCUT2D eigenvalue weighted by molar-refractivity contribution is 6.21. The molecule has 2 aromatic rings. The fourth-order valence-corrected chi connectivity index (χ4v) is 4.01. The van der Waals surface area contributed by atoms with Gasteiger partial charge in [-0.15, -0.1) is 0 Å². The van der Waals surface area contributed by atoms with Gasteiger partial charge in [-0.25, -0.2) is 4.79 Å². The zero-order chi connectivity index (χ0) is 23.6. The molecule has 0 saturated carbocycles. The van der Waals surface area contributed by atoms with Gasteiger partial charge in [0.25, 0.3) is 17.7 Å². The van der Waals surface area contributed by atoms with E-state index in [1.54, 1.807) is 31.2 Å².